The van der Waals surface area contributed by atoms with E-state index in [-0.39, 0.29) is 29.2 Å². The summed E-state index contributed by atoms with van der Waals surface area (Å²) in [6.45, 7) is 1.65. The zero-order chi connectivity index (χ0) is 24.3. The first-order chi connectivity index (χ1) is 16.2. The Morgan fingerprint density at radius 1 is 1.09 bits per heavy atom. The molecule has 10 heteroatoms. The van der Waals surface area contributed by atoms with Crippen molar-refractivity contribution in [3.05, 3.63) is 72.1 Å². The number of halogens is 2. The average Bonchev–Trinajstić information content (AvgIpc) is 3.48. The van der Waals surface area contributed by atoms with E-state index >= 15 is 0 Å². The summed E-state index contributed by atoms with van der Waals surface area (Å²) in [6.07, 6.45) is 2.10. The molecule has 0 unspecified atom stereocenters. The van der Waals surface area contributed by atoms with E-state index in [9.17, 15) is 27.7 Å². The molecule has 1 aliphatic carbocycles. The first-order valence-electron chi connectivity index (χ1n) is 10.3. The van der Waals surface area contributed by atoms with Crippen LogP contribution in [0.15, 0.2) is 59.6 Å². The van der Waals surface area contributed by atoms with Crippen LogP contribution >= 0.6 is 0 Å². The first-order valence-corrected chi connectivity index (χ1v) is 11.8. The molecule has 1 saturated carbocycles. The van der Waals surface area contributed by atoms with Crippen molar-refractivity contribution in [2.45, 2.75) is 29.4 Å². The summed E-state index contributed by atoms with van der Waals surface area (Å²) < 4.78 is 59.4. The lowest BCUT2D eigenvalue weighted by Gasteiger charge is -2.16. The lowest BCUT2D eigenvalue weighted by Crippen LogP contribution is -2.34. The highest BCUT2D eigenvalue weighted by Crippen LogP contribution is 2.48. The van der Waals surface area contributed by atoms with Crippen LogP contribution in [0.5, 0.6) is 11.5 Å². The van der Waals surface area contributed by atoms with E-state index < -0.39 is 26.2 Å². The molecule has 0 amide bonds. The Morgan fingerprint density at radius 2 is 1.82 bits per heavy atom. The Labute approximate surface area is 193 Å². The van der Waals surface area contributed by atoms with Gasteiger partial charge in [-0.15, -0.1) is 0 Å². The van der Waals surface area contributed by atoms with Crippen molar-refractivity contribution < 1.29 is 31.9 Å². The third-order valence-corrected chi connectivity index (χ3v) is 8.40. The van der Waals surface area contributed by atoms with Crippen LogP contribution in [0.2, 0.25) is 0 Å². The molecule has 1 fully saturated rings. The number of aromatic nitrogens is 2. The Balaban J connectivity index is 1.75. The number of aryl methyl sites for hydroxylation is 1. The number of nitriles is 1. The highest BCUT2D eigenvalue weighted by molar-refractivity contribution is 7.93. The molecule has 34 heavy (non-hydrogen) atoms. The molecule has 0 radical (unpaired) electrons. The maximum atomic E-state index is 14.3. The molecule has 172 valence electrons. The lowest BCUT2D eigenvalue weighted by atomic mass is 10.0. The largest absolute Gasteiger partial charge is 0.454 e. The topological polar surface area (TPSA) is 107 Å². The van der Waals surface area contributed by atoms with Gasteiger partial charge in [0, 0.05) is 24.1 Å². The molecule has 4 aromatic rings. The second-order valence-electron chi connectivity index (χ2n) is 8.20. The molecule has 0 aliphatic heterocycles. The number of benzene rings is 2. The molecule has 0 atom stereocenters. The summed E-state index contributed by atoms with van der Waals surface area (Å²) in [7, 11) is -3.97. The highest BCUT2D eigenvalue weighted by Gasteiger charge is 2.56. The highest BCUT2D eigenvalue weighted by atomic mass is 32.2. The van der Waals surface area contributed by atoms with Gasteiger partial charge in [0.2, 0.25) is 0 Å². The molecule has 2 heterocycles. The number of nitrogens with one attached hydrogen (secondary N) is 1. The molecule has 2 aromatic carbocycles. The van der Waals surface area contributed by atoms with Gasteiger partial charge in [-0.25, -0.2) is 22.2 Å². The zero-order valence-corrected chi connectivity index (χ0v) is 18.7. The quantitative estimate of drug-likeness (QED) is 0.320. The van der Waals surface area contributed by atoms with Crippen LogP contribution in [-0.2, 0) is 9.84 Å². The maximum absolute atomic E-state index is 14.3. The van der Waals surface area contributed by atoms with Crippen molar-refractivity contribution >= 4 is 20.9 Å². The van der Waals surface area contributed by atoms with E-state index in [1.807, 2.05) is 6.07 Å². The minimum absolute atomic E-state index is 0.0736. The summed E-state index contributed by atoms with van der Waals surface area (Å²) >= 11 is 0. The number of hydrogen-bond acceptors (Lipinski definition) is 5. The summed E-state index contributed by atoms with van der Waals surface area (Å²) in [4.78, 5) is 2.85. The third-order valence-electron chi connectivity index (χ3n) is 6.00. The van der Waals surface area contributed by atoms with Crippen LogP contribution in [0.3, 0.4) is 0 Å². The molecular weight excluding hydrogens is 464 g/mol. The number of sulfone groups is 1. The van der Waals surface area contributed by atoms with Crippen molar-refractivity contribution in [2.75, 3.05) is 0 Å². The molecule has 7 nitrogen and oxygen atoms in total. The standard InChI is InChI=1S/C24H17F2N3O4S/c1-14-10-18(17-6-9-28-23(17)29(14)30)19-12-16(34(31,32)24(13-27)7-8-24)3-5-21(19)33-22-4-2-15(25)11-20(22)26/h2-6,9-12,30H,7-8H2,1H3/p+1. The fraction of sp³-hybridized carbons (Fsp3) is 0.167. The predicted octanol–water partition coefficient (Wildman–Crippen LogP) is 4.57. The van der Waals surface area contributed by atoms with Gasteiger partial charge in [0.05, 0.1) is 22.5 Å². The van der Waals surface area contributed by atoms with Crippen LogP contribution < -0.4 is 9.47 Å². The van der Waals surface area contributed by atoms with Crippen LogP contribution in [0.1, 0.15) is 18.5 Å². The van der Waals surface area contributed by atoms with Crippen molar-refractivity contribution in [1.82, 2.24) is 4.98 Å². The number of rotatable bonds is 5. The molecule has 5 rings (SSSR count). The summed E-state index contributed by atoms with van der Waals surface area (Å²) in [5.41, 5.74) is 1.60. The summed E-state index contributed by atoms with van der Waals surface area (Å²) in [6, 6.07) is 12.2. The number of pyridine rings is 1. The van der Waals surface area contributed by atoms with Crippen LogP contribution in [0.4, 0.5) is 8.78 Å². The van der Waals surface area contributed by atoms with E-state index in [4.69, 9.17) is 4.74 Å². The van der Waals surface area contributed by atoms with Gasteiger partial charge in [0.25, 0.3) is 0 Å². The number of ether oxygens (including phenoxy) is 1. The van der Waals surface area contributed by atoms with Crippen LogP contribution in [-0.4, -0.2) is 23.4 Å². The van der Waals surface area contributed by atoms with Gasteiger partial charge >= 0.3 is 5.65 Å². The molecule has 1 aliphatic rings. The Morgan fingerprint density at radius 3 is 2.50 bits per heavy atom. The molecule has 0 spiro atoms. The minimum Gasteiger partial charge on any atom is -0.454 e. The Bertz CT molecular complexity index is 1620. The van der Waals surface area contributed by atoms with E-state index in [1.54, 1.807) is 25.3 Å². The average molecular weight is 482 g/mol. The Kier molecular flexibility index (Phi) is 4.84. The number of fused-ring (bicyclic) bond motifs is 1. The summed E-state index contributed by atoms with van der Waals surface area (Å²) in [5.74, 6) is -1.82. The number of nitrogens with zero attached hydrogens (tertiary/aromatic N) is 2. The van der Waals surface area contributed by atoms with Gasteiger partial charge in [0.15, 0.2) is 26.2 Å². The zero-order valence-electron chi connectivity index (χ0n) is 17.8. The van der Waals surface area contributed by atoms with E-state index in [0.29, 0.717) is 33.9 Å². The number of hydrogen-bond donors (Lipinski definition) is 2. The van der Waals surface area contributed by atoms with Crippen molar-refractivity contribution in [2.24, 2.45) is 0 Å². The second kappa shape index (κ2) is 7.53. The van der Waals surface area contributed by atoms with E-state index in [1.165, 1.54) is 18.2 Å². The van der Waals surface area contributed by atoms with Gasteiger partial charge in [0.1, 0.15) is 17.3 Å². The van der Waals surface area contributed by atoms with E-state index in [0.717, 1.165) is 16.9 Å². The summed E-state index contributed by atoms with van der Waals surface area (Å²) in [5, 5.41) is 20.4. The van der Waals surface area contributed by atoms with Gasteiger partial charge < -0.3 is 9.94 Å². The molecule has 0 bridgehead atoms. The minimum atomic E-state index is -3.97. The lowest BCUT2D eigenvalue weighted by molar-refractivity contribution is -0.889. The van der Waals surface area contributed by atoms with Crippen molar-refractivity contribution in [1.29, 1.82) is 5.26 Å². The number of H-pyrrole nitrogens is 1. The third kappa shape index (κ3) is 3.28. The fourth-order valence-corrected chi connectivity index (χ4v) is 5.66. The monoisotopic (exact) mass is 482 g/mol. The van der Waals surface area contributed by atoms with Gasteiger partial charge in [-0.2, -0.15) is 5.26 Å². The smallest absolute Gasteiger partial charge is 0.326 e. The molecule has 0 saturated heterocycles. The van der Waals surface area contributed by atoms with E-state index in [2.05, 4.69) is 4.98 Å². The molecule has 2 aromatic heterocycles. The Hall–Kier alpha value is -3.97. The van der Waals surface area contributed by atoms with Crippen LogP contribution in [0, 0.1) is 29.9 Å². The van der Waals surface area contributed by atoms with Crippen molar-refractivity contribution in [3.63, 3.8) is 0 Å². The maximum Gasteiger partial charge on any atom is 0.326 e. The van der Waals surface area contributed by atoms with Gasteiger partial charge in [-0.05, 0) is 60.0 Å². The molecular formula is C24H18F2N3O4S+. The second-order valence-corrected chi connectivity index (χ2v) is 10.5. The fourth-order valence-electron chi connectivity index (χ4n) is 3.93. The first kappa shape index (κ1) is 21.9. The van der Waals surface area contributed by atoms with Gasteiger partial charge in [-0.3, -0.25) is 0 Å². The van der Waals surface area contributed by atoms with Gasteiger partial charge in [-0.1, -0.05) is 0 Å². The number of aromatic amines is 1. The van der Waals surface area contributed by atoms with Crippen LogP contribution in [0.25, 0.3) is 22.2 Å². The molecule has 2 N–H and O–H groups in total. The normalized spacial score (nSPS) is 14.6. The SMILES string of the molecule is Cc1cc(-c2cc(S(=O)(=O)C3(C#N)CC3)ccc2Oc2ccc(F)cc2F)c2cc[nH]c2[n+]1O. The predicted molar refractivity (Wildman–Crippen MR) is 117 cm³/mol. The van der Waals surface area contributed by atoms with Crippen molar-refractivity contribution in [3.8, 4) is 28.7 Å².